The Kier molecular flexibility index (Phi) is 3.24. The minimum absolute atomic E-state index is 0.228. The number of aromatic nitrogens is 4. The van der Waals surface area contributed by atoms with Crippen LogP contribution in [0, 0.1) is 6.92 Å². The van der Waals surface area contributed by atoms with E-state index in [0.29, 0.717) is 29.9 Å². The Morgan fingerprint density at radius 1 is 1.53 bits per heavy atom. The molecular formula is C9H10N6OS. The van der Waals surface area contributed by atoms with E-state index in [9.17, 15) is 0 Å². The molecule has 0 spiro atoms. The third kappa shape index (κ3) is 2.94. The minimum Gasteiger partial charge on any atom is -0.388 e. The average Bonchev–Trinajstić information content (AvgIpc) is 2.73. The van der Waals surface area contributed by atoms with Gasteiger partial charge in [0, 0.05) is 13.1 Å². The average molecular weight is 250 g/mol. The van der Waals surface area contributed by atoms with Crippen LogP contribution in [0.5, 0.6) is 0 Å². The Bertz CT molecular complexity index is 540. The van der Waals surface area contributed by atoms with E-state index in [0.717, 1.165) is 0 Å². The van der Waals surface area contributed by atoms with Crippen LogP contribution in [0.1, 0.15) is 17.4 Å². The second kappa shape index (κ2) is 4.83. The van der Waals surface area contributed by atoms with Gasteiger partial charge < -0.3 is 15.6 Å². The molecule has 2 rings (SSSR count). The van der Waals surface area contributed by atoms with Gasteiger partial charge in [-0.1, -0.05) is 17.4 Å². The molecule has 0 fully saturated rings. The van der Waals surface area contributed by atoms with E-state index in [2.05, 4.69) is 25.4 Å². The highest BCUT2D eigenvalue weighted by Gasteiger charge is 2.04. The van der Waals surface area contributed by atoms with E-state index in [1.165, 1.54) is 0 Å². The molecular weight excluding hydrogens is 240 g/mol. The van der Waals surface area contributed by atoms with Crippen molar-refractivity contribution in [2.24, 2.45) is 5.73 Å². The van der Waals surface area contributed by atoms with Crippen LogP contribution in [0.4, 0.5) is 5.95 Å². The van der Waals surface area contributed by atoms with Crippen molar-refractivity contribution in [1.29, 1.82) is 0 Å². The summed E-state index contributed by atoms with van der Waals surface area (Å²) in [6, 6.07) is 1.64. The summed E-state index contributed by atoms with van der Waals surface area (Å²) in [6.07, 6.45) is 1.57. The van der Waals surface area contributed by atoms with Crippen LogP contribution < -0.4 is 11.1 Å². The predicted molar refractivity (Wildman–Crippen MR) is 64.3 cm³/mol. The van der Waals surface area contributed by atoms with Crippen molar-refractivity contribution >= 4 is 23.2 Å². The summed E-state index contributed by atoms with van der Waals surface area (Å²) >= 11 is 4.82. The summed E-state index contributed by atoms with van der Waals surface area (Å²) in [4.78, 5) is 12.4. The van der Waals surface area contributed by atoms with Crippen LogP contribution in [0.15, 0.2) is 16.8 Å². The first-order valence-electron chi connectivity index (χ1n) is 4.81. The Balaban J connectivity index is 2.04. The number of hydrogen-bond acceptors (Lipinski definition) is 7. The number of nitrogens with one attached hydrogen (secondary N) is 1. The van der Waals surface area contributed by atoms with Crippen molar-refractivity contribution in [3.05, 3.63) is 29.7 Å². The van der Waals surface area contributed by atoms with Gasteiger partial charge in [-0.05, 0) is 6.07 Å². The highest BCUT2D eigenvalue weighted by molar-refractivity contribution is 7.80. The van der Waals surface area contributed by atoms with Gasteiger partial charge in [-0.2, -0.15) is 4.98 Å². The van der Waals surface area contributed by atoms with E-state index >= 15 is 0 Å². The Labute approximate surface area is 102 Å². The fraction of sp³-hybridized carbons (Fsp3) is 0.222. The van der Waals surface area contributed by atoms with Crippen molar-refractivity contribution in [3.63, 3.8) is 0 Å². The molecule has 2 aromatic rings. The van der Waals surface area contributed by atoms with E-state index in [4.69, 9.17) is 22.5 Å². The van der Waals surface area contributed by atoms with Crippen molar-refractivity contribution in [1.82, 2.24) is 20.1 Å². The topological polar surface area (TPSA) is 103 Å². The SMILES string of the molecule is Cc1nc(CNc2nccc(C(N)=S)n2)no1. The molecule has 3 N–H and O–H groups in total. The molecule has 2 heterocycles. The number of rotatable bonds is 4. The molecule has 8 heteroatoms. The molecule has 0 bridgehead atoms. The van der Waals surface area contributed by atoms with E-state index in [1.807, 2.05) is 0 Å². The smallest absolute Gasteiger partial charge is 0.223 e. The number of nitrogens with zero attached hydrogens (tertiary/aromatic N) is 4. The summed E-state index contributed by atoms with van der Waals surface area (Å²) < 4.78 is 4.83. The Hall–Kier alpha value is -2.09. The lowest BCUT2D eigenvalue weighted by molar-refractivity contribution is 0.388. The third-order valence-electron chi connectivity index (χ3n) is 1.88. The third-order valence-corrected chi connectivity index (χ3v) is 2.09. The van der Waals surface area contributed by atoms with Gasteiger partial charge in [0.25, 0.3) is 0 Å². The maximum Gasteiger partial charge on any atom is 0.223 e. The largest absolute Gasteiger partial charge is 0.388 e. The minimum atomic E-state index is 0.228. The molecule has 2 aromatic heterocycles. The maximum absolute atomic E-state index is 5.47. The number of anilines is 1. The first-order chi connectivity index (χ1) is 8.15. The van der Waals surface area contributed by atoms with Crippen molar-refractivity contribution < 1.29 is 4.52 Å². The molecule has 0 saturated carbocycles. The van der Waals surface area contributed by atoms with Gasteiger partial charge in [0.1, 0.15) is 10.7 Å². The van der Waals surface area contributed by atoms with Gasteiger partial charge in [0.15, 0.2) is 5.82 Å². The molecule has 7 nitrogen and oxygen atoms in total. The monoisotopic (exact) mass is 250 g/mol. The first kappa shape index (κ1) is 11.4. The van der Waals surface area contributed by atoms with Gasteiger partial charge in [0.2, 0.25) is 11.8 Å². The molecule has 0 saturated heterocycles. The fourth-order valence-corrected chi connectivity index (χ4v) is 1.27. The zero-order chi connectivity index (χ0) is 12.3. The molecule has 0 aliphatic rings. The molecule has 0 unspecified atom stereocenters. The van der Waals surface area contributed by atoms with Crippen molar-refractivity contribution in [3.8, 4) is 0 Å². The molecule has 0 aromatic carbocycles. The lowest BCUT2D eigenvalue weighted by atomic mass is 10.4. The summed E-state index contributed by atoms with van der Waals surface area (Å²) in [5.74, 6) is 1.46. The van der Waals surface area contributed by atoms with Gasteiger partial charge >= 0.3 is 0 Å². The van der Waals surface area contributed by atoms with E-state index < -0.39 is 0 Å². The summed E-state index contributed by atoms with van der Waals surface area (Å²) in [7, 11) is 0. The molecule has 0 atom stereocenters. The zero-order valence-electron chi connectivity index (χ0n) is 9.04. The molecule has 0 aliphatic carbocycles. The molecule has 17 heavy (non-hydrogen) atoms. The standard InChI is InChI=1S/C9H10N6OS/c1-5-13-7(15-16-5)4-12-9-11-3-2-6(14-9)8(10)17/h2-3H,4H2,1H3,(H2,10,17)(H,11,12,14). The van der Waals surface area contributed by atoms with Crippen LogP contribution in [-0.2, 0) is 6.54 Å². The summed E-state index contributed by atoms with van der Waals surface area (Å²) in [6.45, 7) is 2.10. The van der Waals surface area contributed by atoms with Crippen LogP contribution in [0.3, 0.4) is 0 Å². The van der Waals surface area contributed by atoms with Crippen LogP contribution in [-0.4, -0.2) is 25.1 Å². The summed E-state index contributed by atoms with van der Waals surface area (Å²) in [5.41, 5.74) is 5.98. The van der Waals surface area contributed by atoms with E-state index in [1.54, 1.807) is 19.2 Å². The predicted octanol–water partition coefficient (Wildman–Crippen LogP) is 0.414. The second-order valence-corrected chi connectivity index (χ2v) is 3.65. The highest BCUT2D eigenvalue weighted by Crippen LogP contribution is 2.02. The summed E-state index contributed by atoms with van der Waals surface area (Å²) in [5, 5.41) is 6.68. The lowest BCUT2D eigenvalue weighted by Crippen LogP contribution is -2.13. The van der Waals surface area contributed by atoms with Gasteiger partial charge in [-0.25, -0.2) is 9.97 Å². The lowest BCUT2D eigenvalue weighted by Gasteiger charge is -2.02. The van der Waals surface area contributed by atoms with Crippen LogP contribution in [0.2, 0.25) is 0 Å². The number of thiocarbonyl (C=S) groups is 1. The van der Waals surface area contributed by atoms with Gasteiger partial charge in [0.05, 0.1) is 6.54 Å². The maximum atomic E-state index is 5.47. The molecule has 88 valence electrons. The Morgan fingerprint density at radius 3 is 3.00 bits per heavy atom. The molecule has 0 amide bonds. The zero-order valence-corrected chi connectivity index (χ0v) is 9.86. The van der Waals surface area contributed by atoms with Crippen molar-refractivity contribution in [2.75, 3.05) is 5.32 Å². The Morgan fingerprint density at radius 2 is 2.35 bits per heavy atom. The first-order valence-corrected chi connectivity index (χ1v) is 5.22. The van der Waals surface area contributed by atoms with Crippen LogP contribution >= 0.6 is 12.2 Å². The highest BCUT2D eigenvalue weighted by atomic mass is 32.1. The van der Waals surface area contributed by atoms with Crippen molar-refractivity contribution in [2.45, 2.75) is 13.5 Å². The van der Waals surface area contributed by atoms with E-state index in [-0.39, 0.29) is 4.99 Å². The number of nitrogens with two attached hydrogens (primary N) is 1. The quantitative estimate of drug-likeness (QED) is 0.752. The van der Waals surface area contributed by atoms with Gasteiger partial charge in [-0.15, -0.1) is 0 Å². The fourth-order valence-electron chi connectivity index (χ4n) is 1.15. The van der Waals surface area contributed by atoms with Gasteiger partial charge in [-0.3, -0.25) is 0 Å². The number of aryl methyl sites for hydroxylation is 1. The number of hydrogen-bond donors (Lipinski definition) is 2. The molecule has 0 radical (unpaired) electrons. The second-order valence-electron chi connectivity index (χ2n) is 3.21. The normalized spacial score (nSPS) is 10.2. The van der Waals surface area contributed by atoms with Crippen LogP contribution in [0.25, 0.3) is 0 Å². The molecule has 0 aliphatic heterocycles.